The van der Waals surface area contributed by atoms with Gasteiger partial charge in [0, 0.05) is 20.3 Å². The molecular weight excluding hydrogens is 270 g/mol. The van der Waals surface area contributed by atoms with Gasteiger partial charge in [-0.2, -0.15) is 0 Å². The number of thiophene rings is 1. The van der Waals surface area contributed by atoms with E-state index in [1.54, 1.807) is 0 Å². The Balaban J connectivity index is 2.06. The lowest BCUT2D eigenvalue weighted by atomic mass is 9.86. The van der Waals surface area contributed by atoms with E-state index >= 15 is 0 Å². The van der Waals surface area contributed by atoms with Gasteiger partial charge in [-0.05, 0) is 53.1 Å². The Kier molecular flexibility index (Phi) is 2.99. The summed E-state index contributed by atoms with van der Waals surface area (Å²) in [4.78, 5) is 1.40. The molecule has 1 atom stereocenters. The van der Waals surface area contributed by atoms with Gasteiger partial charge in [0.05, 0.1) is 0 Å². The van der Waals surface area contributed by atoms with E-state index in [-0.39, 0.29) is 5.54 Å². The van der Waals surface area contributed by atoms with Gasteiger partial charge in [0.2, 0.25) is 0 Å². The summed E-state index contributed by atoms with van der Waals surface area (Å²) in [5, 5.41) is 2.14. The number of halogens is 1. The van der Waals surface area contributed by atoms with Crippen LogP contribution in [-0.4, -0.2) is 5.54 Å². The molecule has 0 aromatic carbocycles. The fourth-order valence-electron chi connectivity index (χ4n) is 2.66. The second-order valence-electron chi connectivity index (χ2n) is 5.61. The standard InChI is InChI=1S/C12H18BrNS/c1-11(2)3-4-12(14,8-11)6-10-5-9(13)7-15-10/h5,7H,3-4,6,8,14H2,1-2H3. The molecule has 1 fully saturated rings. The van der Waals surface area contributed by atoms with E-state index in [9.17, 15) is 0 Å². The molecule has 0 radical (unpaired) electrons. The minimum atomic E-state index is 0.0355. The maximum atomic E-state index is 6.47. The van der Waals surface area contributed by atoms with Gasteiger partial charge in [-0.1, -0.05) is 13.8 Å². The van der Waals surface area contributed by atoms with Crippen LogP contribution < -0.4 is 5.73 Å². The molecule has 0 bridgehead atoms. The Morgan fingerprint density at radius 3 is 2.67 bits per heavy atom. The van der Waals surface area contributed by atoms with Gasteiger partial charge in [0.15, 0.2) is 0 Å². The van der Waals surface area contributed by atoms with E-state index in [4.69, 9.17) is 5.73 Å². The number of hydrogen-bond donors (Lipinski definition) is 1. The maximum absolute atomic E-state index is 6.47. The van der Waals surface area contributed by atoms with Crippen LogP contribution >= 0.6 is 27.3 Å². The third-order valence-corrected chi connectivity index (χ3v) is 4.98. The van der Waals surface area contributed by atoms with Crippen LogP contribution in [-0.2, 0) is 6.42 Å². The first kappa shape index (κ1) is 11.6. The zero-order chi connectivity index (χ0) is 11.1. The highest BCUT2D eigenvalue weighted by Crippen LogP contribution is 2.44. The average molecular weight is 288 g/mol. The quantitative estimate of drug-likeness (QED) is 0.875. The van der Waals surface area contributed by atoms with E-state index in [1.807, 2.05) is 11.3 Å². The molecule has 1 aliphatic rings. The second kappa shape index (κ2) is 3.86. The van der Waals surface area contributed by atoms with Crippen molar-refractivity contribution in [2.24, 2.45) is 11.1 Å². The summed E-state index contributed by atoms with van der Waals surface area (Å²) in [6, 6.07) is 2.20. The van der Waals surface area contributed by atoms with Crippen LogP contribution in [0.2, 0.25) is 0 Å². The molecule has 1 nitrogen and oxygen atoms in total. The predicted molar refractivity (Wildman–Crippen MR) is 70.3 cm³/mol. The van der Waals surface area contributed by atoms with Gasteiger partial charge < -0.3 is 5.73 Å². The lowest BCUT2D eigenvalue weighted by molar-refractivity contribution is 0.335. The fourth-order valence-corrected chi connectivity index (χ4v) is 4.27. The molecule has 0 aliphatic heterocycles. The van der Waals surface area contributed by atoms with Gasteiger partial charge in [-0.3, -0.25) is 0 Å². The van der Waals surface area contributed by atoms with Crippen molar-refractivity contribution in [3.8, 4) is 0 Å². The highest BCUT2D eigenvalue weighted by Gasteiger charge is 2.40. The topological polar surface area (TPSA) is 26.0 Å². The van der Waals surface area contributed by atoms with Crippen LogP contribution in [0, 0.1) is 5.41 Å². The first-order chi connectivity index (χ1) is 6.89. The van der Waals surface area contributed by atoms with E-state index in [1.165, 1.54) is 15.8 Å². The van der Waals surface area contributed by atoms with Crippen LogP contribution in [0.15, 0.2) is 15.9 Å². The van der Waals surface area contributed by atoms with Crippen molar-refractivity contribution >= 4 is 27.3 Å². The van der Waals surface area contributed by atoms with Gasteiger partial charge in [0.25, 0.3) is 0 Å². The van der Waals surface area contributed by atoms with Crippen molar-refractivity contribution in [3.63, 3.8) is 0 Å². The van der Waals surface area contributed by atoms with Gasteiger partial charge in [-0.25, -0.2) is 0 Å². The third-order valence-electron chi connectivity index (χ3n) is 3.28. The first-order valence-electron chi connectivity index (χ1n) is 5.40. The second-order valence-corrected chi connectivity index (χ2v) is 7.52. The maximum Gasteiger partial charge on any atom is 0.0285 e. The van der Waals surface area contributed by atoms with Crippen molar-refractivity contribution in [2.75, 3.05) is 0 Å². The van der Waals surface area contributed by atoms with E-state index in [0.717, 1.165) is 19.3 Å². The molecule has 1 aromatic heterocycles. The van der Waals surface area contributed by atoms with Crippen molar-refractivity contribution in [2.45, 2.75) is 45.1 Å². The molecule has 3 heteroatoms. The molecule has 1 heterocycles. The van der Waals surface area contributed by atoms with Gasteiger partial charge in [-0.15, -0.1) is 11.3 Å². The molecule has 1 unspecified atom stereocenters. The highest BCUT2D eigenvalue weighted by atomic mass is 79.9. The van der Waals surface area contributed by atoms with Crippen molar-refractivity contribution in [3.05, 3.63) is 20.8 Å². The summed E-state index contributed by atoms with van der Waals surface area (Å²) in [7, 11) is 0. The Morgan fingerprint density at radius 2 is 2.20 bits per heavy atom. The first-order valence-corrected chi connectivity index (χ1v) is 7.08. The Bertz CT molecular complexity index is 358. The highest BCUT2D eigenvalue weighted by molar-refractivity contribution is 9.10. The largest absolute Gasteiger partial charge is 0.325 e. The Labute approximate surface area is 104 Å². The normalized spacial score (nSPS) is 29.6. The van der Waals surface area contributed by atoms with Crippen LogP contribution in [0.25, 0.3) is 0 Å². The van der Waals surface area contributed by atoms with Crippen molar-refractivity contribution in [1.82, 2.24) is 0 Å². The van der Waals surface area contributed by atoms with Crippen molar-refractivity contribution < 1.29 is 0 Å². The molecule has 0 spiro atoms. The third kappa shape index (κ3) is 2.83. The zero-order valence-corrected chi connectivity index (χ0v) is 11.7. The smallest absolute Gasteiger partial charge is 0.0285 e. The predicted octanol–water partition coefficient (Wildman–Crippen LogP) is 3.96. The molecule has 15 heavy (non-hydrogen) atoms. The zero-order valence-electron chi connectivity index (χ0n) is 9.35. The molecule has 2 N–H and O–H groups in total. The molecule has 84 valence electrons. The summed E-state index contributed by atoms with van der Waals surface area (Å²) in [5.74, 6) is 0. The summed E-state index contributed by atoms with van der Waals surface area (Å²) < 4.78 is 1.18. The molecular formula is C12H18BrNS. The Hall–Kier alpha value is 0.140. The SMILES string of the molecule is CC1(C)CCC(N)(Cc2cc(Br)cs2)C1. The molecule has 0 saturated heterocycles. The monoisotopic (exact) mass is 287 g/mol. The number of nitrogens with two attached hydrogens (primary N) is 1. The summed E-state index contributed by atoms with van der Waals surface area (Å²) in [6.07, 6.45) is 4.60. The molecule has 2 rings (SSSR count). The van der Waals surface area contributed by atoms with Crippen LogP contribution in [0.5, 0.6) is 0 Å². The number of rotatable bonds is 2. The Morgan fingerprint density at radius 1 is 1.47 bits per heavy atom. The molecule has 0 amide bonds. The minimum Gasteiger partial charge on any atom is -0.325 e. The summed E-state index contributed by atoms with van der Waals surface area (Å²) in [5.41, 5.74) is 6.94. The van der Waals surface area contributed by atoms with Crippen LogP contribution in [0.4, 0.5) is 0 Å². The van der Waals surface area contributed by atoms with Gasteiger partial charge in [0.1, 0.15) is 0 Å². The van der Waals surface area contributed by atoms with E-state index < -0.39 is 0 Å². The molecule has 1 aromatic rings. The molecule has 1 aliphatic carbocycles. The van der Waals surface area contributed by atoms with Gasteiger partial charge >= 0.3 is 0 Å². The van der Waals surface area contributed by atoms with Crippen LogP contribution in [0.1, 0.15) is 38.0 Å². The van der Waals surface area contributed by atoms with Crippen LogP contribution in [0.3, 0.4) is 0 Å². The fraction of sp³-hybridized carbons (Fsp3) is 0.667. The van der Waals surface area contributed by atoms with E-state index in [0.29, 0.717) is 5.41 Å². The van der Waals surface area contributed by atoms with E-state index in [2.05, 4.69) is 41.2 Å². The minimum absolute atomic E-state index is 0.0355. The number of hydrogen-bond acceptors (Lipinski definition) is 2. The summed E-state index contributed by atoms with van der Waals surface area (Å²) in [6.45, 7) is 4.65. The lowest BCUT2D eigenvalue weighted by Crippen LogP contribution is -2.39. The lowest BCUT2D eigenvalue weighted by Gasteiger charge is -2.25. The average Bonchev–Trinajstić information content (AvgIpc) is 2.57. The molecule has 1 saturated carbocycles. The summed E-state index contributed by atoms with van der Waals surface area (Å²) >= 11 is 5.30. The van der Waals surface area contributed by atoms with Crippen molar-refractivity contribution in [1.29, 1.82) is 0 Å².